The maximum atomic E-state index is 2.53. The molecule has 1 unspecified atom stereocenters. The molecule has 1 atom stereocenters. The van der Waals surface area contributed by atoms with Gasteiger partial charge in [-0.3, -0.25) is 0 Å². The van der Waals surface area contributed by atoms with Crippen LogP contribution in [0.1, 0.15) is 51.9 Å². The lowest BCUT2D eigenvalue weighted by molar-refractivity contribution is 0.521. The highest BCUT2D eigenvalue weighted by atomic mass is 14.1. The summed E-state index contributed by atoms with van der Waals surface area (Å²) in [7, 11) is 1.44. The normalized spacial score (nSPS) is 30.2. The van der Waals surface area contributed by atoms with Crippen molar-refractivity contribution in [1.82, 2.24) is 0 Å². The number of rotatable bonds is 2. The molecule has 0 aromatic heterocycles. The Balaban J connectivity index is 1.80. The van der Waals surface area contributed by atoms with Gasteiger partial charge >= 0.3 is 0 Å². The molecule has 1 heteroatoms. The third kappa shape index (κ3) is 2.62. The predicted molar refractivity (Wildman–Crippen MR) is 60.5 cm³/mol. The zero-order valence-corrected chi connectivity index (χ0v) is 8.89. The van der Waals surface area contributed by atoms with E-state index >= 15 is 0 Å². The van der Waals surface area contributed by atoms with E-state index in [0.717, 1.165) is 11.7 Å². The molecule has 72 valence electrons. The minimum absolute atomic E-state index is 0.951. The van der Waals surface area contributed by atoms with E-state index in [2.05, 4.69) is 13.0 Å². The molecule has 0 aromatic rings. The zero-order chi connectivity index (χ0) is 9.10. The van der Waals surface area contributed by atoms with E-state index < -0.39 is 0 Å². The van der Waals surface area contributed by atoms with Gasteiger partial charge in [0.05, 0.1) is 0 Å². The van der Waals surface area contributed by atoms with Gasteiger partial charge in [0.15, 0.2) is 7.28 Å². The molecule has 0 amide bonds. The van der Waals surface area contributed by atoms with Crippen molar-refractivity contribution in [3.8, 4) is 0 Å². The molecular formula is C12H21B. The van der Waals surface area contributed by atoms with Crippen LogP contribution >= 0.6 is 0 Å². The fourth-order valence-corrected chi connectivity index (χ4v) is 2.79. The molecule has 0 aromatic carbocycles. The topological polar surface area (TPSA) is 0 Å². The Bertz CT molecular complexity index is 189. The van der Waals surface area contributed by atoms with Crippen LogP contribution in [0.15, 0.2) is 11.5 Å². The summed E-state index contributed by atoms with van der Waals surface area (Å²) < 4.78 is 0. The van der Waals surface area contributed by atoms with Crippen LogP contribution in [-0.4, -0.2) is 7.28 Å². The minimum atomic E-state index is 0.951. The van der Waals surface area contributed by atoms with Crippen LogP contribution in [-0.2, 0) is 0 Å². The van der Waals surface area contributed by atoms with Crippen LogP contribution < -0.4 is 0 Å². The standard InChI is InChI=1S/C12H21B/c1-10-6-8-12(9-7-10)13-11-4-2-3-5-11/h8,10-11,13H,2-7,9H2,1H3. The number of hydrogen-bond donors (Lipinski definition) is 0. The van der Waals surface area contributed by atoms with E-state index in [1.807, 2.05) is 0 Å². The van der Waals surface area contributed by atoms with Crippen LogP contribution in [0.2, 0.25) is 5.82 Å². The smallest absolute Gasteiger partial charge is 0.109 e. The average Bonchev–Trinajstić information content (AvgIpc) is 2.62. The Morgan fingerprint density at radius 3 is 2.62 bits per heavy atom. The summed E-state index contributed by atoms with van der Waals surface area (Å²) in [6.07, 6.45) is 12.7. The fraction of sp³-hybridized carbons (Fsp3) is 0.833. The van der Waals surface area contributed by atoms with Gasteiger partial charge < -0.3 is 0 Å². The van der Waals surface area contributed by atoms with Gasteiger partial charge in [0, 0.05) is 0 Å². The van der Waals surface area contributed by atoms with E-state index in [4.69, 9.17) is 0 Å². The van der Waals surface area contributed by atoms with Crippen molar-refractivity contribution in [3.05, 3.63) is 11.5 Å². The summed E-state index contributed by atoms with van der Waals surface area (Å²) in [5, 5.41) is 0. The van der Waals surface area contributed by atoms with Crippen molar-refractivity contribution in [3.63, 3.8) is 0 Å². The fourth-order valence-electron chi connectivity index (χ4n) is 2.79. The first-order valence-electron chi connectivity index (χ1n) is 6.02. The van der Waals surface area contributed by atoms with Gasteiger partial charge in [-0.1, -0.05) is 44.5 Å². The second kappa shape index (κ2) is 4.35. The molecule has 13 heavy (non-hydrogen) atoms. The Hall–Kier alpha value is -0.195. The van der Waals surface area contributed by atoms with Gasteiger partial charge in [-0.15, -0.1) is 5.47 Å². The molecular weight excluding hydrogens is 155 g/mol. The van der Waals surface area contributed by atoms with Gasteiger partial charge in [-0.25, -0.2) is 0 Å². The van der Waals surface area contributed by atoms with Crippen molar-refractivity contribution in [1.29, 1.82) is 0 Å². The number of hydrogen-bond acceptors (Lipinski definition) is 0. The highest BCUT2D eigenvalue weighted by molar-refractivity contribution is 6.47. The highest BCUT2D eigenvalue weighted by Gasteiger charge is 2.19. The molecule has 2 aliphatic rings. The second-order valence-corrected chi connectivity index (χ2v) is 5.10. The molecule has 0 radical (unpaired) electrons. The summed E-state index contributed by atoms with van der Waals surface area (Å²) in [6.45, 7) is 2.38. The van der Waals surface area contributed by atoms with E-state index in [1.165, 1.54) is 52.2 Å². The molecule has 1 fully saturated rings. The summed E-state index contributed by atoms with van der Waals surface area (Å²) in [6, 6.07) is 0. The first-order valence-corrected chi connectivity index (χ1v) is 6.02. The molecule has 0 saturated heterocycles. The molecule has 2 aliphatic carbocycles. The largest absolute Gasteiger partial charge is 0.155 e. The highest BCUT2D eigenvalue weighted by Crippen LogP contribution is 2.33. The second-order valence-electron chi connectivity index (χ2n) is 5.10. The lowest BCUT2D eigenvalue weighted by Gasteiger charge is -2.19. The van der Waals surface area contributed by atoms with Gasteiger partial charge in [0.25, 0.3) is 0 Å². The summed E-state index contributed by atoms with van der Waals surface area (Å²) in [5.41, 5.74) is 1.78. The zero-order valence-electron chi connectivity index (χ0n) is 8.89. The predicted octanol–water partition coefficient (Wildman–Crippen LogP) is 3.49. The van der Waals surface area contributed by atoms with Gasteiger partial charge in [-0.2, -0.15) is 0 Å². The van der Waals surface area contributed by atoms with Gasteiger partial charge in [0.2, 0.25) is 0 Å². The third-order valence-corrected chi connectivity index (χ3v) is 3.79. The van der Waals surface area contributed by atoms with E-state index in [0.29, 0.717) is 0 Å². The van der Waals surface area contributed by atoms with Crippen molar-refractivity contribution in [2.75, 3.05) is 0 Å². The van der Waals surface area contributed by atoms with Crippen LogP contribution in [0.4, 0.5) is 0 Å². The monoisotopic (exact) mass is 176 g/mol. The molecule has 0 N–H and O–H groups in total. The van der Waals surface area contributed by atoms with E-state index in [9.17, 15) is 0 Å². The quantitative estimate of drug-likeness (QED) is 0.565. The summed E-state index contributed by atoms with van der Waals surface area (Å²) in [4.78, 5) is 0. The molecule has 0 bridgehead atoms. The maximum Gasteiger partial charge on any atom is 0.155 e. The Morgan fingerprint density at radius 1 is 1.23 bits per heavy atom. The Labute approximate surface area is 83.0 Å². The van der Waals surface area contributed by atoms with Crippen LogP contribution in [0, 0.1) is 5.92 Å². The van der Waals surface area contributed by atoms with E-state index in [1.54, 1.807) is 5.47 Å². The van der Waals surface area contributed by atoms with Crippen molar-refractivity contribution < 1.29 is 0 Å². The summed E-state index contributed by atoms with van der Waals surface area (Å²) in [5.74, 6) is 2.01. The molecule has 2 rings (SSSR count). The molecule has 1 saturated carbocycles. The first-order chi connectivity index (χ1) is 6.34. The molecule has 0 nitrogen and oxygen atoms in total. The lowest BCUT2D eigenvalue weighted by atomic mass is 9.55. The van der Waals surface area contributed by atoms with Crippen LogP contribution in [0.25, 0.3) is 0 Å². The van der Waals surface area contributed by atoms with Gasteiger partial charge in [0.1, 0.15) is 0 Å². The minimum Gasteiger partial charge on any atom is -0.109 e. The van der Waals surface area contributed by atoms with Crippen molar-refractivity contribution >= 4 is 7.28 Å². The Morgan fingerprint density at radius 2 is 2.00 bits per heavy atom. The number of allylic oxidation sites excluding steroid dienone is 2. The summed E-state index contributed by atoms with van der Waals surface area (Å²) >= 11 is 0. The van der Waals surface area contributed by atoms with Gasteiger partial charge in [-0.05, 0) is 25.2 Å². The third-order valence-electron chi connectivity index (χ3n) is 3.79. The average molecular weight is 176 g/mol. The van der Waals surface area contributed by atoms with Crippen molar-refractivity contribution in [2.45, 2.75) is 57.7 Å². The molecule has 0 spiro atoms. The SMILES string of the molecule is CC1CC=C(BC2CCCC2)CC1. The molecule has 0 heterocycles. The molecule has 0 aliphatic heterocycles. The van der Waals surface area contributed by atoms with Crippen LogP contribution in [0.3, 0.4) is 0 Å². The van der Waals surface area contributed by atoms with Crippen LogP contribution in [0.5, 0.6) is 0 Å². The first kappa shape index (κ1) is 9.36. The maximum absolute atomic E-state index is 2.53. The lowest BCUT2D eigenvalue weighted by Crippen LogP contribution is -2.09. The Kier molecular flexibility index (Phi) is 3.13. The van der Waals surface area contributed by atoms with E-state index in [-0.39, 0.29) is 0 Å². The van der Waals surface area contributed by atoms with Crippen molar-refractivity contribution in [2.24, 2.45) is 5.92 Å².